The van der Waals surface area contributed by atoms with Crippen LogP contribution in [-0.2, 0) is 4.74 Å². The average Bonchev–Trinajstić information content (AvgIpc) is 3.64. The van der Waals surface area contributed by atoms with Gasteiger partial charge in [-0.15, -0.1) is 0 Å². The fourth-order valence-corrected chi connectivity index (χ4v) is 6.65. The van der Waals surface area contributed by atoms with Gasteiger partial charge in [0, 0.05) is 35.3 Å². The maximum atomic E-state index is 6.20. The number of aromatic nitrogens is 4. The number of anilines is 1. The van der Waals surface area contributed by atoms with E-state index in [1.165, 1.54) is 24.8 Å². The van der Waals surface area contributed by atoms with Gasteiger partial charge in [-0.2, -0.15) is 10.2 Å². The summed E-state index contributed by atoms with van der Waals surface area (Å²) in [5, 5.41) is 14.5. The van der Waals surface area contributed by atoms with Crippen molar-refractivity contribution in [3.63, 3.8) is 0 Å². The summed E-state index contributed by atoms with van der Waals surface area (Å²) in [6.07, 6.45) is 7.32. The maximum Gasteiger partial charge on any atom is 1.00 e. The molecule has 1 aliphatic heterocycles. The predicted octanol–water partition coefficient (Wildman–Crippen LogP) is 1.29. The number of hydrogen-bond donors (Lipinski definition) is 1. The molecule has 2 bridgehead atoms. The van der Waals surface area contributed by atoms with Crippen molar-refractivity contribution in [2.45, 2.75) is 79.4 Å². The largest absolute Gasteiger partial charge is 1.00 e. The van der Waals surface area contributed by atoms with Gasteiger partial charge in [-0.3, -0.25) is 0 Å². The standard InChI is InChI=1S/C27H34ClN5.C4H8O.ClH.Li/c1-16-13-18(3)32(30-16)26(33-19(4)14-17(2)31-33)25(29-22-10-8-21(28)9-11-22)23-12-7-20-15-24(23)27(20,5)6;1-2-4-5-3-1;;/h8-14,20,24-26,29H,7,15H2,1-6H3;1-4H2;1H;/q;;;+1/p-1/t20-,24-,25+;;;/m0.../s1. The van der Waals surface area contributed by atoms with Crippen LogP contribution in [0.15, 0.2) is 48.0 Å². The van der Waals surface area contributed by atoms with E-state index in [9.17, 15) is 0 Å². The van der Waals surface area contributed by atoms with Gasteiger partial charge in [-0.25, -0.2) is 9.36 Å². The summed E-state index contributed by atoms with van der Waals surface area (Å²) < 4.78 is 9.25. The van der Waals surface area contributed by atoms with Crippen LogP contribution in [0.2, 0.25) is 5.02 Å². The number of fused-ring (bicyclic) bond motifs is 1. The van der Waals surface area contributed by atoms with Crippen molar-refractivity contribution < 1.29 is 36.0 Å². The van der Waals surface area contributed by atoms with Crippen LogP contribution < -0.4 is 36.6 Å². The first kappa shape index (κ1) is 32.8. The van der Waals surface area contributed by atoms with Crippen molar-refractivity contribution in [3.05, 3.63) is 75.8 Å². The van der Waals surface area contributed by atoms with Crippen molar-refractivity contribution in [3.8, 4) is 0 Å². The molecule has 0 radical (unpaired) electrons. The Hall–Kier alpha value is -1.68. The van der Waals surface area contributed by atoms with Gasteiger partial charge in [0.2, 0.25) is 0 Å². The maximum absolute atomic E-state index is 6.20. The van der Waals surface area contributed by atoms with E-state index in [2.05, 4.69) is 86.6 Å². The number of hydrogen-bond acceptors (Lipinski definition) is 4. The van der Waals surface area contributed by atoms with E-state index < -0.39 is 0 Å². The molecule has 0 unspecified atom stereocenters. The van der Waals surface area contributed by atoms with E-state index in [0.717, 1.165) is 59.0 Å². The second kappa shape index (κ2) is 13.5. The van der Waals surface area contributed by atoms with E-state index in [0.29, 0.717) is 11.3 Å². The number of benzene rings is 1. The van der Waals surface area contributed by atoms with Gasteiger partial charge in [-0.1, -0.05) is 31.5 Å². The number of allylic oxidation sites excluding steroid dienone is 1. The summed E-state index contributed by atoms with van der Waals surface area (Å²) in [6.45, 7) is 15.2. The van der Waals surface area contributed by atoms with E-state index >= 15 is 0 Å². The normalized spacial score (nSPS) is 21.2. The van der Waals surface area contributed by atoms with Gasteiger partial charge in [0.25, 0.3) is 0 Å². The molecule has 4 aliphatic rings. The van der Waals surface area contributed by atoms with E-state index in [4.69, 9.17) is 26.5 Å². The first-order valence-corrected chi connectivity index (χ1v) is 14.4. The number of nitrogens with zero attached hydrogens (tertiary/aromatic N) is 4. The molecule has 40 heavy (non-hydrogen) atoms. The zero-order valence-electron chi connectivity index (χ0n) is 25.0. The first-order chi connectivity index (χ1) is 18.1. The van der Waals surface area contributed by atoms with Crippen LogP contribution in [0.5, 0.6) is 0 Å². The average molecular weight is 579 g/mol. The Kier molecular flexibility index (Phi) is 11.1. The minimum absolute atomic E-state index is 0. The molecular weight excluding hydrogens is 536 g/mol. The van der Waals surface area contributed by atoms with Crippen LogP contribution in [0.3, 0.4) is 0 Å². The second-order valence-corrected chi connectivity index (χ2v) is 12.3. The Morgan fingerprint density at radius 2 is 1.50 bits per heavy atom. The summed E-state index contributed by atoms with van der Waals surface area (Å²) >= 11 is 6.20. The summed E-state index contributed by atoms with van der Waals surface area (Å²) in [5.74, 6) is 1.33. The fraction of sp³-hybridized carbons (Fsp3) is 0.548. The van der Waals surface area contributed by atoms with Crippen LogP contribution in [0, 0.1) is 44.9 Å². The summed E-state index contributed by atoms with van der Waals surface area (Å²) in [5.41, 5.74) is 7.15. The molecule has 0 spiro atoms. The molecule has 9 heteroatoms. The third-order valence-electron chi connectivity index (χ3n) is 8.75. The SMILES string of the molecule is C1CCOC1.Cc1cc(C)n(C([C@H](Nc2ccc(Cl)cc2)C2=CC[C@H]3C[C@@H]2C3(C)C)n2nc(C)cc2C)n1.[Cl-].[Li+]. The molecule has 1 N–H and O–H groups in total. The van der Waals surface area contributed by atoms with Crippen molar-refractivity contribution in [1.82, 2.24) is 19.6 Å². The van der Waals surface area contributed by atoms with Gasteiger partial charge in [-0.05, 0) is 113 Å². The van der Waals surface area contributed by atoms with Crippen molar-refractivity contribution in [2.75, 3.05) is 18.5 Å². The number of nitrogens with one attached hydrogen (secondary N) is 1. The molecule has 212 valence electrons. The summed E-state index contributed by atoms with van der Waals surface area (Å²) in [6, 6.07) is 12.3. The monoisotopic (exact) mass is 577 g/mol. The Bertz CT molecular complexity index is 1240. The van der Waals surface area contributed by atoms with Gasteiger partial charge in [0.05, 0.1) is 17.4 Å². The zero-order valence-corrected chi connectivity index (χ0v) is 26.6. The first-order valence-electron chi connectivity index (χ1n) is 14.0. The third-order valence-corrected chi connectivity index (χ3v) is 9.00. The van der Waals surface area contributed by atoms with E-state index in [1.54, 1.807) is 0 Å². The molecule has 1 saturated carbocycles. The summed E-state index contributed by atoms with van der Waals surface area (Å²) in [4.78, 5) is 0. The second-order valence-electron chi connectivity index (χ2n) is 11.9. The Labute approximate surface area is 262 Å². The van der Waals surface area contributed by atoms with Crippen LogP contribution in [0.1, 0.15) is 68.5 Å². The quantitative estimate of drug-likeness (QED) is 0.354. The minimum atomic E-state index is -0.123. The van der Waals surface area contributed by atoms with E-state index in [1.807, 2.05) is 12.1 Å². The molecule has 3 atom stereocenters. The number of ether oxygens (including phenoxy) is 1. The third kappa shape index (κ3) is 6.69. The molecule has 3 aliphatic carbocycles. The molecule has 3 aromatic rings. The molecular formula is C31H42Cl2LiN5O. The fourth-order valence-electron chi connectivity index (χ4n) is 6.53. The van der Waals surface area contributed by atoms with Crippen molar-refractivity contribution >= 4 is 17.3 Å². The molecule has 3 heterocycles. The predicted molar refractivity (Wildman–Crippen MR) is 155 cm³/mol. The van der Waals surface area contributed by atoms with Gasteiger partial charge >= 0.3 is 18.9 Å². The van der Waals surface area contributed by atoms with Crippen LogP contribution >= 0.6 is 11.6 Å². The van der Waals surface area contributed by atoms with Crippen LogP contribution in [-0.4, -0.2) is 38.8 Å². The van der Waals surface area contributed by atoms with Crippen molar-refractivity contribution in [1.29, 1.82) is 0 Å². The number of rotatable bonds is 6. The Morgan fingerprint density at radius 3 is 1.90 bits per heavy atom. The minimum Gasteiger partial charge on any atom is -1.00 e. The number of halogens is 2. The topological polar surface area (TPSA) is 56.9 Å². The molecule has 6 nitrogen and oxygen atoms in total. The molecule has 2 fully saturated rings. The van der Waals surface area contributed by atoms with Crippen molar-refractivity contribution in [2.24, 2.45) is 17.3 Å². The zero-order chi connectivity index (χ0) is 27.0. The molecule has 1 saturated heterocycles. The smallest absolute Gasteiger partial charge is 1.00 e. The van der Waals surface area contributed by atoms with Gasteiger partial charge in [0.15, 0.2) is 6.17 Å². The summed E-state index contributed by atoms with van der Waals surface area (Å²) in [7, 11) is 0. The van der Waals surface area contributed by atoms with Gasteiger partial charge < -0.3 is 22.5 Å². The van der Waals surface area contributed by atoms with Crippen LogP contribution in [0.4, 0.5) is 5.69 Å². The Morgan fingerprint density at radius 1 is 0.950 bits per heavy atom. The molecule has 1 aromatic carbocycles. The molecule has 0 amide bonds. The van der Waals surface area contributed by atoms with E-state index in [-0.39, 0.29) is 43.5 Å². The van der Waals surface area contributed by atoms with Crippen LogP contribution in [0.25, 0.3) is 0 Å². The Balaban J connectivity index is 0.000000570. The van der Waals surface area contributed by atoms with Gasteiger partial charge in [0.1, 0.15) is 0 Å². The number of aryl methyl sites for hydroxylation is 4. The molecule has 7 rings (SSSR count). The molecule has 2 aromatic heterocycles.